The summed E-state index contributed by atoms with van der Waals surface area (Å²) < 4.78 is 1.81. The van der Waals surface area contributed by atoms with Gasteiger partial charge in [-0.25, -0.2) is 4.68 Å². The molecule has 0 aliphatic carbocycles. The number of anilines is 2. The van der Waals surface area contributed by atoms with Crippen LogP contribution in [-0.4, -0.2) is 46.1 Å². The Balaban J connectivity index is 1.46. The third-order valence-corrected chi connectivity index (χ3v) is 5.84. The van der Waals surface area contributed by atoms with Crippen LogP contribution >= 0.6 is 11.6 Å². The standard InChI is InChI=1S/C24H26ClN5O2/c1-16-23(17(2)30(28-16)19-8-4-3-5-9-19)27-22(31)15-26-21-11-10-18(25)14-20(21)24(32)29-12-6-7-13-29/h3-5,8-11,14,26H,6-7,12-13,15H2,1-2H3,(H,27,31). The summed E-state index contributed by atoms with van der Waals surface area (Å²) in [7, 11) is 0. The maximum Gasteiger partial charge on any atom is 0.256 e. The summed E-state index contributed by atoms with van der Waals surface area (Å²) in [6.45, 7) is 5.28. The number of nitrogens with zero attached hydrogens (tertiary/aromatic N) is 3. The molecular weight excluding hydrogens is 426 g/mol. The number of benzene rings is 2. The van der Waals surface area contributed by atoms with Crippen LogP contribution in [0.5, 0.6) is 0 Å². The maximum atomic E-state index is 12.9. The fraction of sp³-hybridized carbons (Fsp3) is 0.292. The van der Waals surface area contributed by atoms with Gasteiger partial charge in [0.1, 0.15) is 0 Å². The fourth-order valence-corrected chi connectivity index (χ4v) is 4.11. The first-order chi connectivity index (χ1) is 15.4. The highest BCUT2D eigenvalue weighted by Gasteiger charge is 2.23. The van der Waals surface area contributed by atoms with E-state index in [1.807, 2.05) is 53.8 Å². The molecule has 2 heterocycles. The summed E-state index contributed by atoms with van der Waals surface area (Å²) in [6.07, 6.45) is 2.01. The molecule has 166 valence electrons. The van der Waals surface area contributed by atoms with E-state index >= 15 is 0 Å². The average Bonchev–Trinajstić information content (AvgIpc) is 3.43. The van der Waals surface area contributed by atoms with Gasteiger partial charge in [0.25, 0.3) is 5.91 Å². The predicted molar refractivity (Wildman–Crippen MR) is 127 cm³/mol. The van der Waals surface area contributed by atoms with Crippen LogP contribution in [0, 0.1) is 13.8 Å². The molecule has 0 spiro atoms. The minimum Gasteiger partial charge on any atom is -0.375 e. The molecule has 1 aliphatic rings. The lowest BCUT2D eigenvalue weighted by Gasteiger charge is -2.18. The number of para-hydroxylation sites is 1. The first-order valence-electron chi connectivity index (χ1n) is 10.7. The van der Waals surface area contributed by atoms with Crippen LogP contribution in [0.1, 0.15) is 34.6 Å². The third kappa shape index (κ3) is 4.62. The van der Waals surface area contributed by atoms with Gasteiger partial charge in [-0.05, 0) is 57.0 Å². The number of aryl methyl sites for hydroxylation is 1. The third-order valence-electron chi connectivity index (χ3n) is 5.60. The summed E-state index contributed by atoms with van der Waals surface area (Å²) in [5.74, 6) is -0.290. The van der Waals surface area contributed by atoms with E-state index in [2.05, 4.69) is 15.7 Å². The minimum atomic E-state index is -0.224. The molecule has 7 nitrogen and oxygen atoms in total. The molecule has 2 aromatic carbocycles. The Bertz CT molecular complexity index is 1140. The van der Waals surface area contributed by atoms with E-state index in [0.717, 1.165) is 43.0 Å². The number of halogens is 1. The second kappa shape index (κ2) is 9.44. The topological polar surface area (TPSA) is 79.3 Å². The Morgan fingerprint density at radius 3 is 2.50 bits per heavy atom. The van der Waals surface area contributed by atoms with Crippen molar-refractivity contribution in [3.05, 3.63) is 70.5 Å². The van der Waals surface area contributed by atoms with E-state index in [1.54, 1.807) is 18.2 Å². The highest BCUT2D eigenvalue weighted by molar-refractivity contribution is 6.31. The predicted octanol–water partition coefficient (Wildman–Crippen LogP) is 4.43. The number of rotatable bonds is 6. The molecule has 1 aliphatic heterocycles. The number of nitrogens with one attached hydrogen (secondary N) is 2. The van der Waals surface area contributed by atoms with Crippen molar-refractivity contribution in [3.63, 3.8) is 0 Å². The van der Waals surface area contributed by atoms with Crippen molar-refractivity contribution in [1.82, 2.24) is 14.7 Å². The quantitative estimate of drug-likeness (QED) is 0.581. The van der Waals surface area contributed by atoms with Crippen molar-refractivity contribution in [2.45, 2.75) is 26.7 Å². The van der Waals surface area contributed by atoms with E-state index < -0.39 is 0 Å². The molecule has 32 heavy (non-hydrogen) atoms. The van der Waals surface area contributed by atoms with E-state index in [1.165, 1.54) is 0 Å². The molecular formula is C24H26ClN5O2. The summed E-state index contributed by atoms with van der Waals surface area (Å²) >= 11 is 6.14. The van der Waals surface area contributed by atoms with Gasteiger partial charge in [0.2, 0.25) is 5.91 Å². The molecule has 0 saturated carbocycles. The zero-order valence-electron chi connectivity index (χ0n) is 18.2. The Morgan fingerprint density at radius 1 is 1.06 bits per heavy atom. The van der Waals surface area contributed by atoms with Crippen LogP contribution in [-0.2, 0) is 4.79 Å². The van der Waals surface area contributed by atoms with Crippen LogP contribution in [0.25, 0.3) is 5.69 Å². The summed E-state index contributed by atoms with van der Waals surface area (Å²) in [6, 6.07) is 14.9. The van der Waals surface area contributed by atoms with Gasteiger partial charge < -0.3 is 15.5 Å². The highest BCUT2D eigenvalue weighted by Crippen LogP contribution is 2.25. The molecule has 1 aromatic heterocycles. The fourth-order valence-electron chi connectivity index (χ4n) is 3.94. The van der Waals surface area contributed by atoms with Gasteiger partial charge in [0.15, 0.2) is 0 Å². The number of hydrogen-bond acceptors (Lipinski definition) is 4. The SMILES string of the molecule is Cc1nn(-c2ccccc2)c(C)c1NC(=O)CNc1ccc(Cl)cc1C(=O)N1CCCC1. The van der Waals surface area contributed by atoms with Gasteiger partial charge in [-0.3, -0.25) is 9.59 Å². The second-order valence-electron chi connectivity index (χ2n) is 7.88. The molecule has 8 heteroatoms. The van der Waals surface area contributed by atoms with Crippen molar-refractivity contribution in [2.75, 3.05) is 30.3 Å². The Labute approximate surface area is 192 Å². The molecule has 4 rings (SSSR count). The van der Waals surface area contributed by atoms with Crippen molar-refractivity contribution in [3.8, 4) is 5.69 Å². The van der Waals surface area contributed by atoms with Gasteiger partial charge in [-0.2, -0.15) is 5.10 Å². The average molecular weight is 452 g/mol. The Morgan fingerprint density at radius 2 is 1.78 bits per heavy atom. The van der Waals surface area contributed by atoms with Gasteiger partial charge in [0.05, 0.1) is 34.9 Å². The summed E-state index contributed by atoms with van der Waals surface area (Å²) in [5.41, 5.74) is 4.27. The molecule has 2 amide bonds. The Kier molecular flexibility index (Phi) is 6.46. The first kappa shape index (κ1) is 21.9. The van der Waals surface area contributed by atoms with Gasteiger partial charge in [-0.1, -0.05) is 29.8 Å². The monoisotopic (exact) mass is 451 g/mol. The van der Waals surface area contributed by atoms with Crippen LogP contribution in [0.3, 0.4) is 0 Å². The molecule has 3 aromatic rings. The van der Waals surface area contributed by atoms with E-state index in [-0.39, 0.29) is 18.4 Å². The summed E-state index contributed by atoms with van der Waals surface area (Å²) in [4.78, 5) is 27.4. The smallest absolute Gasteiger partial charge is 0.256 e. The lowest BCUT2D eigenvalue weighted by Crippen LogP contribution is -2.29. The first-order valence-corrected chi connectivity index (χ1v) is 11.1. The van der Waals surface area contributed by atoms with Gasteiger partial charge in [-0.15, -0.1) is 0 Å². The van der Waals surface area contributed by atoms with Crippen molar-refractivity contribution < 1.29 is 9.59 Å². The zero-order chi connectivity index (χ0) is 22.7. The number of carbonyl (C=O) groups is 2. The molecule has 0 atom stereocenters. The lowest BCUT2D eigenvalue weighted by molar-refractivity contribution is -0.114. The minimum absolute atomic E-state index is 0.0112. The Hall–Kier alpha value is -3.32. The van der Waals surface area contributed by atoms with Gasteiger partial charge >= 0.3 is 0 Å². The highest BCUT2D eigenvalue weighted by atomic mass is 35.5. The van der Waals surface area contributed by atoms with Crippen molar-refractivity contribution >= 4 is 34.8 Å². The molecule has 0 radical (unpaired) electrons. The molecule has 1 fully saturated rings. The zero-order valence-corrected chi connectivity index (χ0v) is 18.9. The molecule has 0 unspecified atom stereocenters. The summed E-state index contributed by atoms with van der Waals surface area (Å²) in [5, 5.41) is 11.1. The number of aromatic nitrogens is 2. The number of likely N-dealkylation sites (tertiary alicyclic amines) is 1. The molecule has 2 N–H and O–H groups in total. The van der Waals surface area contributed by atoms with Gasteiger partial charge in [0, 0.05) is 23.8 Å². The van der Waals surface area contributed by atoms with Crippen LogP contribution < -0.4 is 10.6 Å². The van der Waals surface area contributed by atoms with Crippen molar-refractivity contribution in [2.24, 2.45) is 0 Å². The molecule has 1 saturated heterocycles. The molecule has 0 bridgehead atoms. The largest absolute Gasteiger partial charge is 0.375 e. The number of carbonyl (C=O) groups excluding carboxylic acids is 2. The van der Waals surface area contributed by atoms with Crippen molar-refractivity contribution in [1.29, 1.82) is 0 Å². The number of amides is 2. The van der Waals surface area contributed by atoms with E-state index in [0.29, 0.717) is 22.0 Å². The normalized spacial score (nSPS) is 13.3. The van der Waals surface area contributed by atoms with Crippen LogP contribution in [0.2, 0.25) is 5.02 Å². The van der Waals surface area contributed by atoms with E-state index in [9.17, 15) is 9.59 Å². The second-order valence-corrected chi connectivity index (χ2v) is 8.32. The maximum absolute atomic E-state index is 12.9. The number of hydrogen-bond donors (Lipinski definition) is 2. The van der Waals surface area contributed by atoms with Crippen LogP contribution in [0.15, 0.2) is 48.5 Å². The van der Waals surface area contributed by atoms with Crippen LogP contribution in [0.4, 0.5) is 11.4 Å². The van der Waals surface area contributed by atoms with E-state index in [4.69, 9.17) is 11.6 Å². The lowest BCUT2D eigenvalue weighted by atomic mass is 10.1.